The van der Waals surface area contributed by atoms with Gasteiger partial charge in [-0.15, -0.1) is 0 Å². The van der Waals surface area contributed by atoms with Crippen LogP contribution in [0.15, 0.2) is 22.7 Å². The van der Waals surface area contributed by atoms with Gasteiger partial charge in [-0.2, -0.15) is 13.2 Å². The number of hydrogen-bond donors (Lipinski definition) is 0. The Hall–Kier alpha value is 0.0900. The Bertz CT molecular complexity index is 333. The molecule has 0 bridgehead atoms. The van der Waals surface area contributed by atoms with Gasteiger partial charge in [0.05, 0.1) is 5.56 Å². The molecule has 0 fully saturated rings. The molecule has 13 heavy (non-hydrogen) atoms. The Morgan fingerprint density at radius 2 is 1.92 bits per heavy atom. The first-order valence-corrected chi connectivity index (χ1v) is 6.60. The zero-order valence-electron chi connectivity index (χ0n) is 6.33. The van der Waals surface area contributed by atoms with E-state index in [4.69, 9.17) is 0 Å². The second kappa shape index (κ2) is 4.08. The summed E-state index contributed by atoms with van der Waals surface area (Å²) in [7, 11) is 0. The lowest BCUT2D eigenvalue weighted by Crippen LogP contribution is -2.04. The van der Waals surface area contributed by atoms with Crippen LogP contribution in [0.1, 0.15) is 5.56 Å². The van der Waals surface area contributed by atoms with Crippen molar-refractivity contribution < 1.29 is 13.2 Å². The summed E-state index contributed by atoms with van der Waals surface area (Å²) in [6, 6.07) is 3.64. The van der Waals surface area contributed by atoms with Crippen LogP contribution in [-0.4, -0.2) is 4.51 Å². The molecule has 72 valence electrons. The van der Waals surface area contributed by atoms with E-state index >= 15 is 0 Å². The van der Waals surface area contributed by atoms with Crippen molar-refractivity contribution in [2.24, 2.45) is 0 Å². The summed E-state index contributed by atoms with van der Waals surface area (Å²) in [5, 5.41) is 0. The van der Waals surface area contributed by atoms with Crippen LogP contribution in [0.3, 0.4) is 0 Å². The summed E-state index contributed by atoms with van der Waals surface area (Å²) in [6.07, 6.45) is -4.26. The minimum atomic E-state index is -4.26. The van der Waals surface area contributed by atoms with Crippen LogP contribution in [0, 0.1) is 3.57 Å². The Morgan fingerprint density at radius 1 is 1.31 bits per heavy atom. The second-order valence-electron chi connectivity index (χ2n) is 2.26. The molecule has 0 aliphatic carbocycles. The van der Waals surface area contributed by atoms with Crippen LogP contribution in [0.2, 0.25) is 0 Å². The Balaban J connectivity index is 3.21. The van der Waals surface area contributed by atoms with Gasteiger partial charge in [0.2, 0.25) is 0 Å². The molecule has 0 aliphatic rings. The van der Waals surface area contributed by atoms with Gasteiger partial charge in [0.25, 0.3) is 0 Å². The minimum absolute atomic E-state index is 0.574. The van der Waals surface area contributed by atoms with E-state index in [1.54, 1.807) is 0 Å². The highest BCUT2D eigenvalue weighted by atomic mass is 127. The summed E-state index contributed by atoms with van der Waals surface area (Å²) < 4.78 is 41.7. The Morgan fingerprint density at radius 3 is 2.38 bits per heavy atom. The highest BCUT2D eigenvalue weighted by Gasteiger charge is 2.30. The number of hydrogen-bond acceptors (Lipinski definition) is 0. The van der Waals surface area contributed by atoms with Crippen LogP contribution in [-0.2, 0) is 6.18 Å². The molecule has 1 aromatic rings. The first-order valence-electron chi connectivity index (χ1n) is 3.20. The molecule has 0 amide bonds. The van der Waals surface area contributed by atoms with Crippen LogP contribution < -0.4 is 0 Å². The van der Waals surface area contributed by atoms with Gasteiger partial charge < -0.3 is 0 Å². The zero-order valence-corrected chi connectivity index (χ0v) is 10.1. The smallest absolute Gasteiger partial charge is 0.166 e. The van der Waals surface area contributed by atoms with Crippen molar-refractivity contribution in [2.45, 2.75) is 6.18 Å². The Kier molecular flexibility index (Phi) is 3.50. The van der Waals surface area contributed by atoms with E-state index in [2.05, 4.69) is 20.4 Å². The minimum Gasteiger partial charge on any atom is -0.166 e. The number of rotatable bonds is 1. The molecule has 0 atom stereocenters. The van der Waals surface area contributed by atoms with Gasteiger partial charge in [-0.3, -0.25) is 0 Å². The molecule has 0 spiro atoms. The van der Waals surface area contributed by atoms with Crippen molar-refractivity contribution >= 4 is 41.2 Å². The third kappa shape index (κ3) is 2.77. The Labute approximate surface area is 92.0 Å². The van der Waals surface area contributed by atoms with Crippen molar-refractivity contribution in [1.29, 1.82) is 0 Å². The van der Waals surface area contributed by atoms with Crippen molar-refractivity contribution in [2.75, 3.05) is 0 Å². The van der Waals surface area contributed by atoms with Crippen LogP contribution >= 0.6 is 36.7 Å². The maximum atomic E-state index is 12.2. The largest absolute Gasteiger partial charge is 0.416 e. The standard InChI is InChI=1S/C8H5BrF3I/c1-13-7-4-5(8(10,11)12)2-3-6(7)9/h2-4H,1H2. The molecular weight excluding hydrogens is 360 g/mol. The van der Waals surface area contributed by atoms with E-state index in [9.17, 15) is 13.2 Å². The molecule has 0 nitrogen and oxygen atoms in total. The molecule has 1 rings (SSSR count). The van der Waals surface area contributed by atoms with Crippen molar-refractivity contribution in [1.82, 2.24) is 0 Å². The molecule has 1 aromatic carbocycles. The molecule has 0 unspecified atom stereocenters. The lowest BCUT2D eigenvalue weighted by atomic mass is 10.2. The summed E-state index contributed by atoms with van der Waals surface area (Å²) in [4.78, 5) is 0. The molecule has 0 saturated heterocycles. The number of benzene rings is 1. The topological polar surface area (TPSA) is 0 Å². The first kappa shape index (κ1) is 11.2. The van der Waals surface area contributed by atoms with Gasteiger partial charge in [-0.05, 0) is 34.1 Å². The van der Waals surface area contributed by atoms with Crippen molar-refractivity contribution in [3.8, 4) is 0 Å². The fraction of sp³-hybridized carbons (Fsp3) is 0.125. The summed E-state index contributed by atoms with van der Waals surface area (Å²) in [5.74, 6) is 0. The van der Waals surface area contributed by atoms with E-state index in [1.165, 1.54) is 6.07 Å². The first-order chi connectivity index (χ1) is 5.95. The molecule has 0 aliphatic heterocycles. The zero-order chi connectivity index (χ0) is 10.1. The number of halogens is 5. The predicted molar refractivity (Wildman–Crippen MR) is 59.0 cm³/mol. The third-order valence-corrected chi connectivity index (χ3v) is 4.54. The summed E-state index contributed by atoms with van der Waals surface area (Å²) in [6.45, 7) is 0. The molecule has 5 heteroatoms. The van der Waals surface area contributed by atoms with E-state index in [1.807, 2.05) is 0 Å². The van der Waals surface area contributed by atoms with Gasteiger partial charge >= 0.3 is 6.18 Å². The van der Waals surface area contributed by atoms with E-state index < -0.39 is 32.5 Å². The fourth-order valence-electron chi connectivity index (χ4n) is 0.775. The average molecular weight is 365 g/mol. The van der Waals surface area contributed by atoms with E-state index in [0.717, 1.165) is 12.1 Å². The van der Waals surface area contributed by atoms with Gasteiger partial charge in [0.1, 0.15) is 0 Å². The van der Waals surface area contributed by atoms with Gasteiger partial charge in [0, 0.05) is 8.04 Å². The van der Waals surface area contributed by atoms with Gasteiger partial charge in [-0.1, -0.05) is 25.2 Å². The maximum absolute atomic E-state index is 12.2. The fourth-order valence-corrected chi connectivity index (χ4v) is 2.83. The van der Waals surface area contributed by atoms with E-state index in [0.29, 0.717) is 8.04 Å². The highest BCUT2D eigenvalue weighted by Crippen LogP contribution is 2.32. The summed E-state index contributed by atoms with van der Waals surface area (Å²) in [5.41, 5.74) is -0.603. The molecule has 0 saturated carbocycles. The lowest BCUT2D eigenvalue weighted by Gasteiger charge is -2.07. The van der Waals surface area contributed by atoms with Crippen molar-refractivity contribution in [3.05, 3.63) is 31.8 Å². The van der Waals surface area contributed by atoms with Crippen LogP contribution in [0.25, 0.3) is 0 Å². The highest BCUT2D eigenvalue weighted by molar-refractivity contribution is 14.2. The monoisotopic (exact) mass is 364 g/mol. The van der Waals surface area contributed by atoms with Crippen molar-refractivity contribution in [3.63, 3.8) is 0 Å². The normalized spacial score (nSPS) is 11.7. The second-order valence-corrected chi connectivity index (χ2v) is 5.04. The lowest BCUT2D eigenvalue weighted by molar-refractivity contribution is -0.137. The SMILES string of the molecule is C=Ic1cc(C(F)(F)F)ccc1Br. The van der Waals surface area contributed by atoms with E-state index in [-0.39, 0.29) is 0 Å². The van der Waals surface area contributed by atoms with Gasteiger partial charge in [-0.25, -0.2) is 0 Å². The van der Waals surface area contributed by atoms with Crippen LogP contribution in [0.5, 0.6) is 0 Å². The molecular formula is C8H5BrF3I. The van der Waals surface area contributed by atoms with Crippen LogP contribution in [0.4, 0.5) is 13.2 Å². The summed E-state index contributed by atoms with van der Waals surface area (Å²) >= 11 is 2.60. The maximum Gasteiger partial charge on any atom is 0.416 e. The molecule has 0 heterocycles. The molecule has 0 radical (unpaired) electrons. The number of alkyl halides is 3. The van der Waals surface area contributed by atoms with Gasteiger partial charge in [0.15, 0.2) is 0 Å². The molecule has 0 N–H and O–H groups in total. The molecule has 0 aromatic heterocycles. The average Bonchev–Trinajstić information content (AvgIpc) is 2.03. The quantitative estimate of drug-likeness (QED) is 0.660. The predicted octanol–water partition coefficient (Wildman–Crippen LogP) is 4.04. The third-order valence-electron chi connectivity index (χ3n) is 1.39.